The summed E-state index contributed by atoms with van der Waals surface area (Å²) < 4.78 is 10.6. The van der Waals surface area contributed by atoms with Crippen molar-refractivity contribution in [1.82, 2.24) is 4.98 Å². The van der Waals surface area contributed by atoms with E-state index in [9.17, 15) is 0 Å². The monoisotopic (exact) mass is 235 g/mol. The Morgan fingerprint density at radius 1 is 1.31 bits per heavy atom. The molecule has 3 rings (SSSR count). The maximum absolute atomic E-state index is 5.31. The van der Waals surface area contributed by atoms with E-state index >= 15 is 0 Å². The molecule has 3 N–H and O–H groups in total. The summed E-state index contributed by atoms with van der Waals surface area (Å²) >= 11 is 1.46. The molecule has 1 aromatic heterocycles. The molecule has 1 aliphatic rings. The fraction of sp³-hybridized carbons (Fsp3) is 0.100. The topological polar surface area (TPSA) is 69.4 Å². The third kappa shape index (κ3) is 1.48. The van der Waals surface area contributed by atoms with Crippen LogP contribution in [0.5, 0.6) is 11.5 Å². The molecule has 0 radical (unpaired) electrons. The van der Waals surface area contributed by atoms with Gasteiger partial charge in [0.15, 0.2) is 16.6 Å². The molecule has 1 aromatic carbocycles. The van der Waals surface area contributed by atoms with Crippen molar-refractivity contribution in [3.05, 3.63) is 23.6 Å². The number of hydrazine groups is 1. The predicted octanol–water partition coefficient (Wildman–Crippen LogP) is 1.82. The zero-order chi connectivity index (χ0) is 11.0. The zero-order valence-electron chi connectivity index (χ0n) is 8.27. The van der Waals surface area contributed by atoms with Gasteiger partial charge in [-0.05, 0) is 18.2 Å². The van der Waals surface area contributed by atoms with E-state index < -0.39 is 0 Å². The minimum Gasteiger partial charge on any atom is -0.454 e. The number of nitrogens with one attached hydrogen (secondary N) is 1. The van der Waals surface area contributed by atoms with E-state index in [0.717, 1.165) is 22.8 Å². The zero-order valence-corrected chi connectivity index (χ0v) is 9.08. The van der Waals surface area contributed by atoms with Crippen LogP contribution < -0.4 is 20.7 Å². The van der Waals surface area contributed by atoms with E-state index in [2.05, 4.69) is 10.4 Å². The molecule has 0 saturated carbocycles. The van der Waals surface area contributed by atoms with Crippen LogP contribution in [-0.2, 0) is 0 Å². The highest BCUT2D eigenvalue weighted by atomic mass is 32.1. The molecule has 0 unspecified atom stereocenters. The minimum absolute atomic E-state index is 0.283. The summed E-state index contributed by atoms with van der Waals surface area (Å²) in [4.78, 5) is 4.31. The van der Waals surface area contributed by atoms with Gasteiger partial charge in [-0.3, -0.25) is 5.43 Å². The quantitative estimate of drug-likeness (QED) is 0.614. The average molecular weight is 235 g/mol. The first-order valence-electron chi connectivity index (χ1n) is 4.69. The second-order valence-electron chi connectivity index (χ2n) is 3.25. The fourth-order valence-electron chi connectivity index (χ4n) is 1.53. The normalized spacial score (nSPS) is 12.8. The maximum Gasteiger partial charge on any atom is 0.231 e. The van der Waals surface area contributed by atoms with Crippen LogP contribution in [-0.4, -0.2) is 11.8 Å². The predicted molar refractivity (Wildman–Crippen MR) is 61.5 cm³/mol. The van der Waals surface area contributed by atoms with Gasteiger partial charge in [-0.25, -0.2) is 10.8 Å². The smallest absolute Gasteiger partial charge is 0.231 e. The molecule has 2 aromatic rings. The largest absolute Gasteiger partial charge is 0.454 e. The highest BCUT2D eigenvalue weighted by Gasteiger charge is 2.14. The van der Waals surface area contributed by atoms with Crippen molar-refractivity contribution in [2.24, 2.45) is 5.84 Å². The van der Waals surface area contributed by atoms with Gasteiger partial charge in [-0.15, -0.1) is 11.3 Å². The molecule has 0 aliphatic carbocycles. The summed E-state index contributed by atoms with van der Waals surface area (Å²) in [6.07, 6.45) is 0. The molecular formula is C10H9N3O2S. The molecule has 0 saturated heterocycles. The number of hydrogen-bond acceptors (Lipinski definition) is 6. The summed E-state index contributed by atoms with van der Waals surface area (Å²) in [6.45, 7) is 0.283. The first-order chi connectivity index (χ1) is 7.86. The Morgan fingerprint density at radius 3 is 3.00 bits per heavy atom. The fourth-order valence-corrected chi connectivity index (χ4v) is 2.16. The maximum atomic E-state index is 5.31. The van der Waals surface area contributed by atoms with Gasteiger partial charge in [0, 0.05) is 10.9 Å². The summed E-state index contributed by atoms with van der Waals surface area (Å²) in [7, 11) is 0. The summed E-state index contributed by atoms with van der Waals surface area (Å²) in [5.74, 6) is 6.82. The standard InChI is InChI=1S/C10H9N3O2S/c11-13-10-12-7(4-16-10)6-1-2-8-9(3-6)15-5-14-8/h1-4H,5,11H2,(H,12,13). The van der Waals surface area contributed by atoms with Gasteiger partial charge < -0.3 is 9.47 Å². The van der Waals surface area contributed by atoms with E-state index in [0.29, 0.717) is 5.13 Å². The number of nitrogen functional groups attached to an aromatic ring is 1. The number of aromatic nitrogens is 1. The van der Waals surface area contributed by atoms with Crippen molar-refractivity contribution in [2.75, 3.05) is 12.2 Å². The average Bonchev–Trinajstić information content (AvgIpc) is 2.96. The Labute approximate surface area is 95.8 Å². The summed E-state index contributed by atoms with van der Waals surface area (Å²) in [6, 6.07) is 5.74. The molecule has 0 spiro atoms. The van der Waals surface area contributed by atoms with Crippen LogP contribution in [0.25, 0.3) is 11.3 Å². The van der Waals surface area contributed by atoms with Crippen molar-refractivity contribution in [3.63, 3.8) is 0 Å². The Morgan fingerprint density at radius 2 is 2.19 bits per heavy atom. The van der Waals surface area contributed by atoms with Crippen molar-refractivity contribution < 1.29 is 9.47 Å². The van der Waals surface area contributed by atoms with Crippen LogP contribution >= 0.6 is 11.3 Å². The van der Waals surface area contributed by atoms with Gasteiger partial charge >= 0.3 is 0 Å². The van der Waals surface area contributed by atoms with Crippen LogP contribution in [0.15, 0.2) is 23.6 Å². The lowest BCUT2D eigenvalue weighted by atomic mass is 10.1. The van der Waals surface area contributed by atoms with Crippen LogP contribution in [0.1, 0.15) is 0 Å². The number of anilines is 1. The number of ether oxygens (including phenoxy) is 2. The second-order valence-corrected chi connectivity index (χ2v) is 4.11. The molecule has 1 aliphatic heterocycles. The van der Waals surface area contributed by atoms with Crippen LogP contribution in [0, 0.1) is 0 Å². The van der Waals surface area contributed by atoms with Gasteiger partial charge in [0.25, 0.3) is 0 Å². The molecule has 6 heteroatoms. The Balaban J connectivity index is 2.00. The highest BCUT2D eigenvalue weighted by Crippen LogP contribution is 2.36. The number of fused-ring (bicyclic) bond motifs is 1. The number of rotatable bonds is 2. The Hall–Kier alpha value is -1.79. The Kier molecular flexibility index (Phi) is 2.16. The number of benzene rings is 1. The van der Waals surface area contributed by atoms with Gasteiger partial charge in [-0.2, -0.15) is 0 Å². The first-order valence-corrected chi connectivity index (χ1v) is 5.57. The number of nitrogens with two attached hydrogens (primary N) is 1. The lowest BCUT2D eigenvalue weighted by Gasteiger charge is -1.99. The molecular weight excluding hydrogens is 226 g/mol. The van der Waals surface area contributed by atoms with Crippen LogP contribution in [0.3, 0.4) is 0 Å². The van der Waals surface area contributed by atoms with Crippen LogP contribution in [0.2, 0.25) is 0 Å². The Bertz CT molecular complexity index is 527. The molecule has 0 fully saturated rings. The van der Waals surface area contributed by atoms with E-state index in [1.165, 1.54) is 11.3 Å². The number of nitrogens with zero attached hydrogens (tertiary/aromatic N) is 1. The van der Waals surface area contributed by atoms with Gasteiger partial charge in [0.1, 0.15) is 0 Å². The minimum atomic E-state index is 0.283. The third-order valence-corrected chi connectivity index (χ3v) is 3.07. The van der Waals surface area contributed by atoms with Crippen molar-refractivity contribution in [2.45, 2.75) is 0 Å². The van der Waals surface area contributed by atoms with E-state index in [1.807, 2.05) is 23.6 Å². The van der Waals surface area contributed by atoms with Crippen LogP contribution in [0.4, 0.5) is 5.13 Å². The molecule has 16 heavy (non-hydrogen) atoms. The molecule has 82 valence electrons. The summed E-state index contributed by atoms with van der Waals surface area (Å²) in [5.41, 5.74) is 4.38. The van der Waals surface area contributed by atoms with Gasteiger partial charge in [-0.1, -0.05) is 0 Å². The highest BCUT2D eigenvalue weighted by molar-refractivity contribution is 7.14. The lowest BCUT2D eigenvalue weighted by Crippen LogP contribution is -2.05. The molecule has 0 atom stereocenters. The van der Waals surface area contributed by atoms with Crippen molar-refractivity contribution in [3.8, 4) is 22.8 Å². The molecule has 0 bridgehead atoms. The molecule has 2 heterocycles. The van der Waals surface area contributed by atoms with E-state index in [1.54, 1.807) is 0 Å². The molecule has 5 nitrogen and oxygen atoms in total. The third-order valence-electron chi connectivity index (χ3n) is 2.30. The molecule has 0 amide bonds. The van der Waals surface area contributed by atoms with Gasteiger partial charge in [0.2, 0.25) is 6.79 Å². The van der Waals surface area contributed by atoms with Crippen molar-refractivity contribution >= 4 is 16.5 Å². The number of thiazole rings is 1. The lowest BCUT2D eigenvalue weighted by molar-refractivity contribution is 0.174. The van der Waals surface area contributed by atoms with Crippen molar-refractivity contribution in [1.29, 1.82) is 0 Å². The van der Waals surface area contributed by atoms with E-state index in [4.69, 9.17) is 15.3 Å². The second kappa shape index (κ2) is 3.66. The number of hydrogen-bond donors (Lipinski definition) is 2. The SMILES string of the molecule is NNc1nc(-c2ccc3c(c2)OCO3)cs1. The van der Waals surface area contributed by atoms with E-state index in [-0.39, 0.29) is 6.79 Å². The van der Waals surface area contributed by atoms with Gasteiger partial charge in [0.05, 0.1) is 5.69 Å². The first kappa shape index (κ1) is 9.44. The summed E-state index contributed by atoms with van der Waals surface area (Å²) in [5, 5.41) is 2.62.